The van der Waals surface area contributed by atoms with Crippen molar-refractivity contribution in [3.63, 3.8) is 0 Å². The van der Waals surface area contributed by atoms with E-state index in [2.05, 4.69) is 0 Å². The van der Waals surface area contributed by atoms with Gasteiger partial charge < -0.3 is 11.5 Å². The number of carbonyl (C=O) groups is 4. The molecule has 138 valence electrons. The number of amides is 4. The van der Waals surface area contributed by atoms with Crippen molar-refractivity contribution in [2.45, 2.75) is 18.9 Å². The summed E-state index contributed by atoms with van der Waals surface area (Å²) < 4.78 is 0. The van der Waals surface area contributed by atoms with E-state index in [-0.39, 0.29) is 35.0 Å². The molecule has 27 heavy (non-hydrogen) atoms. The molecule has 0 aliphatic carbocycles. The van der Waals surface area contributed by atoms with E-state index in [1.165, 1.54) is 18.2 Å². The van der Waals surface area contributed by atoms with Crippen molar-refractivity contribution in [3.8, 4) is 0 Å². The fourth-order valence-electron chi connectivity index (χ4n) is 3.18. The van der Waals surface area contributed by atoms with E-state index >= 15 is 0 Å². The van der Waals surface area contributed by atoms with Crippen molar-refractivity contribution >= 4 is 40.1 Å². The van der Waals surface area contributed by atoms with Gasteiger partial charge in [-0.15, -0.1) is 0 Å². The minimum absolute atomic E-state index is 0.0836. The normalized spacial score (nSPS) is 14.3. The standard InChI is InChI=1S/C17H14N4O6/c18-13(22)5-4-12(15(19)23)20-16(24)10-3-1-2-8-6-9(21(26)27)7-11(14(8)10)17(20)25/h1-3,6-7,12H,4-5H2,(H2,18,22)(H2,19,23)/t12-/m0/s1. The topological polar surface area (TPSA) is 167 Å². The average Bonchev–Trinajstić information content (AvgIpc) is 2.61. The number of rotatable bonds is 6. The Morgan fingerprint density at radius 3 is 2.37 bits per heavy atom. The van der Waals surface area contributed by atoms with Crippen molar-refractivity contribution in [2.24, 2.45) is 11.5 Å². The van der Waals surface area contributed by atoms with Crippen molar-refractivity contribution in [1.82, 2.24) is 4.90 Å². The quantitative estimate of drug-likeness (QED) is 0.425. The predicted octanol–water partition coefficient (Wildman–Crippen LogP) is 0.463. The van der Waals surface area contributed by atoms with E-state index in [1.807, 2.05) is 0 Å². The lowest BCUT2D eigenvalue weighted by molar-refractivity contribution is -0.384. The van der Waals surface area contributed by atoms with Crippen LogP contribution in [-0.4, -0.2) is 39.5 Å². The molecule has 10 nitrogen and oxygen atoms in total. The predicted molar refractivity (Wildman–Crippen MR) is 92.5 cm³/mol. The number of benzene rings is 2. The van der Waals surface area contributed by atoms with Crippen LogP contribution in [0, 0.1) is 10.1 Å². The van der Waals surface area contributed by atoms with E-state index in [1.54, 1.807) is 6.07 Å². The van der Waals surface area contributed by atoms with Gasteiger partial charge in [0.1, 0.15) is 6.04 Å². The van der Waals surface area contributed by atoms with Gasteiger partial charge in [-0.2, -0.15) is 0 Å². The Morgan fingerprint density at radius 1 is 1.11 bits per heavy atom. The third kappa shape index (κ3) is 2.97. The number of nitrogens with two attached hydrogens (primary N) is 2. The van der Waals surface area contributed by atoms with Gasteiger partial charge in [0.05, 0.1) is 10.5 Å². The fraction of sp³-hybridized carbons (Fsp3) is 0.176. The van der Waals surface area contributed by atoms with Crippen LogP contribution in [0.4, 0.5) is 5.69 Å². The van der Waals surface area contributed by atoms with Gasteiger partial charge >= 0.3 is 0 Å². The van der Waals surface area contributed by atoms with Gasteiger partial charge in [0.15, 0.2) is 0 Å². The first-order chi connectivity index (χ1) is 12.7. The molecule has 0 saturated carbocycles. The van der Waals surface area contributed by atoms with Crippen LogP contribution in [0.3, 0.4) is 0 Å². The second kappa shape index (κ2) is 6.48. The Kier molecular flexibility index (Phi) is 4.32. The molecule has 4 N–H and O–H groups in total. The molecule has 10 heteroatoms. The van der Waals surface area contributed by atoms with Gasteiger partial charge in [-0.25, -0.2) is 0 Å². The minimum atomic E-state index is -1.40. The monoisotopic (exact) mass is 370 g/mol. The first-order valence-corrected chi connectivity index (χ1v) is 7.89. The van der Waals surface area contributed by atoms with Gasteiger partial charge in [-0.3, -0.25) is 34.2 Å². The molecule has 3 rings (SSSR count). The Hall–Kier alpha value is -3.82. The molecule has 1 heterocycles. The smallest absolute Gasteiger partial charge is 0.270 e. The summed E-state index contributed by atoms with van der Waals surface area (Å²) >= 11 is 0. The van der Waals surface area contributed by atoms with Gasteiger partial charge in [-0.1, -0.05) is 12.1 Å². The Morgan fingerprint density at radius 2 is 1.78 bits per heavy atom. The summed E-state index contributed by atoms with van der Waals surface area (Å²) in [7, 11) is 0. The summed E-state index contributed by atoms with van der Waals surface area (Å²) in [5.41, 5.74) is 10.1. The molecule has 0 radical (unpaired) electrons. The van der Waals surface area contributed by atoms with Crippen molar-refractivity contribution in [1.29, 1.82) is 0 Å². The fourth-order valence-corrected chi connectivity index (χ4v) is 3.18. The second-order valence-electron chi connectivity index (χ2n) is 6.06. The second-order valence-corrected chi connectivity index (χ2v) is 6.06. The molecule has 2 aromatic rings. The van der Waals surface area contributed by atoms with E-state index in [0.29, 0.717) is 10.3 Å². The zero-order valence-corrected chi connectivity index (χ0v) is 13.9. The maximum atomic E-state index is 12.9. The maximum Gasteiger partial charge on any atom is 0.270 e. The zero-order valence-electron chi connectivity index (χ0n) is 13.9. The number of nitro groups is 1. The molecule has 1 atom stereocenters. The van der Waals surface area contributed by atoms with Crippen LogP contribution in [0.25, 0.3) is 10.8 Å². The average molecular weight is 370 g/mol. The van der Waals surface area contributed by atoms with E-state index in [0.717, 1.165) is 6.07 Å². The van der Waals surface area contributed by atoms with Crippen LogP contribution in [0.15, 0.2) is 30.3 Å². The summed E-state index contributed by atoms with van der Waals surface area (Å²) in [6, 6.07) is 5.42. The molecule has 0 bridgehead atoms. The summed E-state index contributed by atoms with van der Waals surface area (Å²) in [5, 5.41) is 11.8. The van der Waals surface area contributed by atoms with E-state index in [4.69, 9.17) is 11.5 Å². The first-order valence-electron chi connectivity index (χ1n) is 7.89. The first kappa shape index (κ1) is 18.0. The third-order valence-corrected chi connectivity index (χ3v) is 4.38. The Balaban J connectivity index is 2.19. The Bertz CT molecular complexity index is 1030. The van der Waals surface area contributed by atoms with Gasteiger partial charge in [0, 0.05) is 29.5 Å². The van der Waals surface area contributed by atoms with Gasteiger partial charge in [-0.05, 0) is 17.9 Å². The largest absolute Gasteiger partial charge is 0.370 e. The van der Waals surface area contributed by atoms with Crippen molar-refractivity contribution < 1.29 is 24.1 Å². The summed E-state index contributed by atoms with van der Waals surface area (Å²) in [4.78, 5) is 59.9. The molecule has 1 aliphatic heterocycles. The van der Waals surface area contributed by atoms with Crippen molar-refractivity contribution in [2.75, 3.05) is 0 Å². The molecule has 4 amide bonds. The highest BCUT2D eigenvalue weighted by molar-refractivity contribution is 6.26. The van der Waals surface area contributed by atoms with Crippen LogP contribution in [-0.2, 0) is 9.59 Å². The molecule has 0 saturated heterocycles. The number of hydrogen-bond donors (Lipinski definition) is 2. The maximum absolute atomic E-state index is 12.9. The molecule has 0 fully saturated rings. The Labute approximate surface area is 151 Å². The SMILES string of the molecule is NC(=O)CC[C@@H](C(N)=O)N1C(=O)c2cccc3cc([N+](=O)[O-])cc(c23)C1=O. The lowest BCUT2D eigenvalue weighted by atomic mass is 9.91. The highest BCUT2D eigenvalue weighted by Gasteiger charge is 2.40. The number of primary amides is 2. The number of nitrogens with zero attached hydrogens (tertiary/aromatic N) is 2. The molecular weight excluding hydrogens is 356 g/mol. The number of nitro benzene ring substituents is 1. The van der Waals surface area contributed by atoms with E-state index in [9.17, 15) is 29.3 Å². The minimum Gasteiger partial charge on any atom is -0.370 e. The highest BCUT2D eigenvalue weighted by Crippen LogP contribution is 2.34. The van der Waals surface area contributed by atoms with Crippen LogP contribution >= 0.6 is 0 Å². The van der Waals surface area contributed by atoms with Gasteiger partial charge in [0.25, 0.3) is 17.5 Å². The third-order valence-electron chi connectivity index (χ3n) is 4.38. The summed E-state index contributed by atoms with van der Waals surface area (Å²) in [6.07, 6.45) is -0.501. The highest BCUT2D eigenvalue weighted by atomic mass is 16.6. The lowest BCUT2D eigenvalue weighted by Gasteiger charge is -2.32. The van der Waals surface area contributed by atoms with Gasteiger partial charge in [0.2, 0.25) is 11.8 Å². The molecule has 1 aliphatic rings. The zero-order chi connectivity index (χ0) is 19.9. The molecule has 0 aromatic heterocycles. The summed E-state index contributed by atoms with van der Waals surface area (Å²) in [6.45, 7) is 0. The van der Waals surface area contributed by atoms with Crippen LogP contribution < -0.4 is 11.5 Å². The number of hydrogen-bond acceptors (Lipinski definition) is 6. The number of carbonyl (C=O) groups excluding carboxylic acids is 4. The van der Waals surface area contributed by atoms with E-state index < -0.39 is 34.6 Å². The van der Waals surface area contributed by atoms with Crippen LogP contribution in [0.5, 0.6) is 0 Å². The number of imide groups is 1. The molecule has 2 aromatic carbocycles. The molecule has 0 spiro atoms. The lowest BCUT2D eigenvalue weighted by Crippen LogP contribution is -2.52. The van der Waals surface area contributed by atoms with Crippen LogP contribution in [0.1, 0.15) is 33.6 Å². The molecular formula is C17H14N4O6. The summed E-state index contributed by atoms with van der Waals surface area (Å²) in [5.74, 6) is -3.36. The number of non-ortho nitro benzene ring substituents is 1. The molecule has 0 unspecified atom stereocenters. The van der Waals surface area contributed by atoms with Crippen LogP contribution in [0.2, 0.25) is 0 Å². The van der Waals surface area contributed by atoms with Crippen molar-refractivity contribution in [3.05, 3.63) is 51.6 Å².